The number of aliphatic hydroxyl groups excluding tert-OH is 1. The first-order chi connectivity index (χ1) is 8.95. The summed E-state index contributed by atoms with van der Waals surface area (Å²) in [5, 5.41) is 21.9. The van der Waals surface area contributed by atoms with Gasteiger partial charge in [0, 0.05) is 19.2 Å². The molecule has 7 nitrogen and oxygen atoms in total. The zero-order valence-electron chi connectivity index (χ0n) is 10.3. The summed E-state index contributed by atoms with van der Waals surface area (Å²) in [6.45, 7) is 2.25. The van der Waals surface area contributed by atoms with E-state index < -0.39 is 10.8 Å². The van der Waals surface area contributed by atoms with Crippen molar-refractivity contribution < 1.29 is 14.8 Å². The minimum absolute atomic E-state index is 0.0351. The van der Waals surface area contributed by atoms with Crippen molar-refractivity contribution in [2.24, 2.45) is 5.92 Å². The van der Waals surface area contributed by atoms with Crippen molar-refractivity contribution >= 4 is 23.2 Å². The SMILES string of the molecule is CC(CCO)CNC(=O)c1cc([N+](=O)[O-])cnc1Cl. The van der Waals surface area contributed by atoms with Gasteiger partial charge in [-0.3, -0.25) is 14.9 Å². The van der Waals surface area contributed by atoms with Gasteiger partial charge in [0.1, 0.15) is 11.3 Å². The fraction of sp³-hybridized carbons (Fsp3) is 0.455. The van der Waals surface area contributed by atoms with Crippen molar-refractivity contribution in [3.8, 4) is 0 Å². The first kappa shape index (κ1) is 15.3. The second-order valence-corrected chi connectivity index (χ2v) is 4.47. The molecule has 104 valence electrons. The fourth-order valence-electron chi connectivity index (χ4n) is 1.38. The number of carbonyl (C=O) groups excluding carboxylic acids is 1. The van der Waals surface area contributed by atoms with Crippen LogP contribution in [0.15, 0.2) is 12.3 Å². The molecule has 19 heavy (non-hydrogen) atoms. The van der Waals surface area contributed by atoms with Gasteiger partial charge in [0.05, 0.1) is 10.5 Å². The number of aliphatic hydroxyl groups is 1. The van der Waals surface area contributed by atoms with Crippen molar-refractivity contribution in [3.05, 3.63) is 33.1 Å². The van der Waals surface area contributed by atoms with Crippen LogP contribution in [0.25, 0.3) is 0 Å². The Kier molecular flexibility index (Phi) is 5.65. The van der Waals surface area contributed by atoms with Crippen molar-refractivity contribution in [1.82, 2.24) is 10.3 Å². The van der Waals surface area contributed by atoms with E-state index in [0.717, 1.165) is 12.3 Å². The normalized spacial score (nSPS) is 11.9. The Morgan fingerprint density at radius 3 is 2.95 bits per heavy atom. The minimum Gasteiger partial charge on any atom is -0.396 e. The molecule has 0 aliphatic heterocycles. The number of nitrogens with one attached hydrogen (secondary N) is 1. The molecule has 0 aromatic carbocycles. The van der Waals surface area contributed by atoms with Crippen LogP contribution in [0.4, 0.5) is 5.69 Å². The van der Waals surface area contributed by atoms with Crippen molar-refractivity contribution in [1.29, 1.82) is 0 Å². The Hall–Kier alpha value is -1.73. The highest BCUT2D eigenvalue weighted by atomic mass is 35.5. The molecule has 0 spiro atoms. The molecule has 8 heteroatoms. The summed E-state index contributed by atoms with van der Waals surface area (Å²) in [5.74, 6) is -0.426. The van der Waals surface area contributed by atoms with E-state index in [9.17, 15) is 14.9 Å². The molecule has 1 atom stereocenters. The maximum atomic E-state index is 11.8. The van der Waals surface area contributed by atoms with Gasteiger partial charge in [-0.25, -0.2) is 4.98 Å². The zero-order valence-corrected chi connectivity index (χ0v) is 11.1. The molecule has 1 unspecified atom stereocenters. The van der Waals surface area contributed by atoms with E-state index in [1.54, 1.807) is 0 Å². The van der Waals surface area contributed by atoms with Gasteiger partial charge in [-0.2, -0.15) is 0 Å². The smallest absolute Gasteiger partial charge is 0.288 e. The molecule has 0 aliphatic rings. The van der Waals surface area contributed by atoms with Gasteiger partial charge in [0.15, 0.2) is 0 Å². The van der Waals surface area contributed by atoms with Gasteiger partial charge in [-0.05, 0) is 12.3 Å². The largest absolute Gasteiger partial charge is 0.396 e. The van der Waals surface area contributed by atoms with Crippen LogP contribution in [-0.4, -0.2) is 34.1 Å². The number of hydrogen-bond acceptors (Lipinski definition) is 5. The quantitative estimate of drug-likeness (QED) is 0.467. The molecule has 1 aromatic rings. The Morgan fingerprint density at radius 2 is 2.37 bits per heavy atom. The monoisotopic (exact) mass is 287 g/mol. The first-order valence-corrected chi connectivity index (χ1v) is 6.02. The van der Waals surface area contributed by atoms with Crippen LogP contribution in [0.3, 0.4) is 0 Å². The Bertz CT molecular complexity index is 481. The average Bonchev–Trinajstić information content (AvgIpc) is 2.36. The van der Waals surface area contributed by atoms with Crippen LogP contribution in [0.2, 0.25) is 5.15 Å². The second-order valence-electron chi connectivity index (χ2n) is 4.12. The summed E-state index contributed by atoms with van der Waals surface area (Å²) in [4.78, 5) is 25.4. The van der Waals surface area contributed by atoms with E-state index in [1.807, 2.05) is 6.92 Å². The third-order valence-electron chi connectivity index (χ3n) is 2.51. The maximum Gasteiger partial charge on any atom is 0.288 e. The molecule has 1 heterocycles. The number of rotatable bonds is 6. The first-order valence-electron chi connectivity index (χ1n) is 5.64. The van der Waals surface area contributed by atoms with Crippen LogP contribution in [0.5, 0.6) is 0 Å². The number of carbonyl (C=O) groups is 1. The molecule has 1 amide bonds. The summed E-state index contributed by atoms with van der Waals surface area (Å²) < 4.78 is 0. The number of amides is 1. The van der Waals surface area contributed by atoms with E-state index in [1.165, 1.54) is 0 Å². The summed E-state index contributed by atoms with van der Waals surface area (Å²) in [5.41, 5.74) is -0.329. The van der Waals surface area contributed by atoms with Crippen LogP contribution < -0.4 is 5.32 Å². The molecule has 1 rings (SSSR count). The Balaban J connectivity index is 2.76. The Morgan fingerprint density at radius 1 is 1.68 bits per heavy atom. The molecule has 0 saturated heterocycles. The van der Waals surface area contributed by atoms with Gasteiger partial charge < -0.3 is 10.4 Å². The number of nitro groups is 1. The van der Waals surface area contributed by atoms with Gasteiger partial charge >= 0.3 is 0 Å². The lowest BCUT2D eigenvalue weighted by molar-refractivity contribution is -0.385. The molecule has 0 bridgehead atoms. The van der Waals surface area contributed by atoms with Gasteiger partial charge in [-0.15, -0.1) is 0 Å². The fourth-order valence-corrected chi connectivity index (χ4v) is 1.57. The van der Waals surface area contributed by atoms with Crippen LogP contribution in [0.1, 0.15) is 23.7 Å². The van der Waals surface area contributed by atoms with Crippen molar-refractivity contribution in [2.75, 3.05) is 13.2 Å². The summed E-state index contributed by atoms with van der Waals surface area (Å²) >= 11 is 5.74. The number of halogens is 1. The summed E-state index contributed by atoms with van der Waals surface area (Å²) in [6, 6.07) is 1.08. The lowest BCUT2D eigenvalue weighted by atomic mass is 10.1. The number of hydrogen-bond donors (Lipinski definition) is 2. The third-order valence-corrected chi connectivity index (χ3v) is 2.81. The number of pyridine rings is 1. The maximum absolute atomic E-state index is 11.8. The highest BCUT2D eigenvalue weighted by Gasteiger charge is 2.17. The molecule has 2 N–H and O–H groups in total. The minimum atomic E-state index is -0.644. The molecular weight excluding hydrogens is 274 g/mol. The van der Waals surface area contributed by atoms with E-state index in [2.05, 4.69) is 10.3 Å². The van der Waals surface area contributed by atoms with Crippen LogP contribution in [-0.2, 0) is 0 Å². The van der Waals surface area contributed by atoms with Crippen molar-refractivity contribution in [2.45, 2.75) is 13.3 Å². The molecule has 1 aromatic heterocycles. The van der Waals surface area contributed by atoms with Crippen LogP contribution >= 0.6 is 11.6 Å². The summed E-state index contributed by atoms with van der Waals surface area (Å²) in [6.07, 6.45) is 1.55. The second kappa shape index (κ2) is 7.01. The third kappa shape index (κ3) is 4.46. The van der Waals surface area contributed by atoms with E-state index in [0.29, 0.717) is 13.0 Å². The highest BCUT2D eigenvalue weighted by Crippen LogP contribution is 2.19. The average molecular weight is 288 g/mol. The predicted molar refractivity (Wildman–Crippen MR) is 69.1 cm³/mol. The number of aromatic nitrogens is 1. The van der Waals surface area contributed by atoms with Crippen molar-refractivity contribution in [3.63, 3.8) is 0 Å². The molecule has 0 fully saturated rings. The molecule has 0 aliphatic carbocycles. The Labute approximate surface area is 114 Å². The lowest BCUT2D eigenvalue weighted by Crippen LogP contribution is -2.29. The molecular formula is C11H14ClN3O4. The number of nitrogens with zero attached hydrogens (tertiary/aromatic N) is 2. The van der Waals surface area contributed by atoms with Gasteiger partial charge in [-0.1, -0.05) is 18.5 Å². The van der Waals surface area contributed by atoms with Crippen LogP contribution in [0, 0.1) is 16.0 Å². The zero-order chi connectivity index (χ0) is 14.4. The van der Waals surface area contributed by atoms with E-state index >= 15 is 0 Å². The lowest BCUT2D eigenvalue weighted by Gasteiger charge is -2.11. The van der Waals surface area contributed by atoms with Gasteiger partial charge in [0.2, 0.25) is 0 Å². The standard InChI is InChI=1S/C11H14ClN3O4/c1-7(2-3-16)5-14-11(17)9-4-8(15(18)19)6-13-10(9)12/h4,6-7,16H,2-3,5H2,1H3,(H,14,17). The van der Waals surface area contributed by atoms with E-state index in [-0.39, 0.29) is 28.9 Å². The highest BCUT2D eigenvalue weighted by molar-refractivity contribution is 6.32. The molecule has 0 radical (unpaired) electrons. The molecule has 0 saturated carbocycles. The van der Waals surface area contributed by atoms with Gasteiger partial charge in [0.25, 0.3) is 11.6 Å². The summed E-state index contributed by atoms with van der Waals surface area (Å²) in [7, 11) is 0. The topological polar surface area (TPSA) is 105 Å². The predicted octanol–water partition coefficient (Wildman–Crippen LogP) is 1.39. The van der Waals surface area contributed by atoms with E-state index in [4.69, 9.17) is 16.7 Å².